The molecule has 3 atom stereocenters. The fourth-order valence-corrected chi connectivity index (χ4v) is 12.8. The molecular weight excluding hydrogens is 996 g/mol. The van der Waals surface area contributed by atoms with E-state index in [2.05, 4.69) is 364 Å². The molecular formula is C78H63BO3. The molecule has 3 nitrogen and oxygen atoms in total. The van der Waals surface area contributed by atoms with Crippen molar-refractivity contribution in [1.82, 2.24) is 0 Å². The predicted octanol–water partition coefficient (Wildman–Crippen LogP) is 18.3. The van der Waals surface area contributed by atoms with Gasteiger partial charge in [-0.25, -0.2) is 0 Å². The summed E-state index contributed by atoms with van der Waals surface area (Å²) in [7, 11) is -1.44. The Morgan fingerprint density at radius 1 is 0.171 bits per heavy atom. The van der Waals surface area contributed by atoms with Crippen molar-refractivity contribution in [1.29, 1.82) is 0 Å². The van der Waals surface area contributed by atoms with Gasteiger partial charge in [-0.05, 0) is 66.8 Å². The summed E-state index contributed by atoms with van der Waals surface area (Å²) in [6, 6.07) is 129. The molecule has 3 unspecified atom stereocenters. The Morgan fingerprint density at radius 3 is 0.427 bits per heavy atom. The number of hydrogen-bond donors (Lipinski definition) is 0. The van der Waals surface area contributed by atoms with Gasteiger partial charge in [-0.1, -0.05) is 364 Å². The fourth-order valence-electron chi connectivity index (χ4n) is 12.8. The minimum atomic E-state index is -1.44. The average molecular weight is 1060 g/mol. The Morgan fingerprint density at radius 2 is 0.293 bits per heavy atom. The molecule has 0 saturated carbocycles. The Hall–Kier alpha value is -9.42. The number of benzene rings is 12. The van der Waals surface area contributed by atoms with Gasteiger partial charge < -0.3 is 14.0 Å². The van der Waals surface area contributed by atoms with E-state index in [-0.39, 0.29) is 0 Å². The van der Waals surface area contributed by atoms with E-state index in [1.165, 1.54) is 0 Å². The molecule has 4 heteroatoms. The quantitative estimate of drug-likeness (QED) is 0.0530. The second-order valence-corrected chi connectivity index (χ2v) is 20.8. The lowest BCUT2D eigenvalue weighted by Gasteiger charge is -2.47. The normalized spacial score (nSPS) is 12.9. The van der Waals surface area contributed by atoms with Gasteiger partial charge in [0.15, 0.2) is 0 Å². The lowest BCUT2D eigenvalue weighted by Crippen LogP contribution is -2.48. The van der Waals surface area contributed by atoms with Crippen LogP contribution >= 0.6 is 0 Å². The first-order valence-corrected chi connectivity index (χ1v) is 28.3. The minimum Gasteiger partial charge on any atom is -0.377 e. The molecule has 0 spiro atoms. The SMILES string of the molecule is c1ccc(C(OB(OC(c2ccccc2)C(c2ccccc2)(c2ccccc2)c2ccccc2)OC(c2ccccc2)C(c2ccccc2)(c2ccccc2)c2ccccc2)C(c2ccccc2)(c2ccccc2)c2ccccc2)cc1. The molecule has 0 aliphatic rings. The third kappa shape index (κ3) is 10.3. The highest BCUT2D eigenvalue weighted by Gasteiger charge is 2.55. The Labute approximate surface area is 484 Å². The van der Waals surface area contributed by atoms with Gasteiger partial charge in [-0.3, -0.25) is 0 Å². The highest BCUT2D eigenvalue weighted by molar-refractivity contribution is 6.36. The standard InChI is InChI=1S/C78H63BO3/c1-13-37-61(38-14-1)73(76(64-43-19-4-20-44-64,65-45-21-5-22-46-65)66-47-23-6-24-48-66)80-79(81-74(62-39-15-2-16-40-62)77(67-49-25-7-26-50-67,68-51-27-8-28-52-68)69-53-29-9-30-54-69)82-75(63-41-17-3-18-42-63)78(70-55-31-10-32-56-70,71-57-33-11-34-58-71)72-59-35-12-36-60-72/h1-60,73-75H. The van der Waals surface area contributed by atoms with Crippen molar-refractivity contribution in [3.8, 4) is 0 Å². The third-order valence-corrected chi connectivity index (χ3v) is 16.3. The number of hydrogen-bond acceptors (Lipinski definition) is 3. The smallest absolute Gasteiger partial charge is 0.377 e. The van der Waals surface area contributed by atoms with Crippen molar-refractivity contribution in [3.63, 3.8) is 0 Å². The average Bonchev–Trinajstić information content (AvgIpc) is 3.44. The summed E-state index contributed by atoms with van der Waals surface area (Å²) in [6.45, 7) is 0. The summed E-state index contributed by atoms with van der Waals surface area (Å²) in [4.78, 5) is 0. The van der Waals surface area contributed by atoms with E-state index in [1.54, 1.807) is 0 Å². The van der Waals surface area contributed by atoms with Crippen LogP contribution in [0.2, 0.25) is 0 Å². The van der Waals surface area contributed by atoms with Gasteiger partial charge in [-0.2, -0.15) is 0 Å². The first kappa shape index (κ1) is 53.2. The van der Waals surface area contributed by atoms with Crippen molar-refractivity contribution in [3.05, 3.63) is 431 Å². The summed E-state index contributed by atoms with van der Waals surface area (Å²) in [6.07, 6.45) is -2.42. The van der Waals surface area contributed by atoms with Crippen LogP contribution in [0.5, 0.6) is 0 Å². The van der Waals surface area contributed by atoms with E-state index >= 15 is 0 Å². The maximum atomic E-state index is 8.43. The van der Waals surface area contributed by atoms with Crippen molar-refractivity contribution in [2.75, 3.05) is 0 Å². The molecule has 0 amide bonds. The first-order chi connectivity index (χ1) is 40.7. The van der Waals surface area contributed by atoms with Crippen LogP contribution in [0.4, 0.5) is 0 Å². The lowest BCUT2D eigenvalue weighted by molar-refractivity contribution is -0.0274. The summed E-state index contributed by atoms with van der Waals surface area (Å²) < 4.78 is 25.3. The molecule has 0 N–H and O–H groups in total. The van der Waals surface area contributed by atoms with E-state index in [0.29, 0.717) is 0 Å². The van der Waals surface area contributed by atoms with E-state index in [0.717, 1.165) is 66.8 Å². The van der Waals surface area contributed by atoms with E-state index in [4.69, 9.17) is 14.0 Å². The zero-order valence-electron chi connectivity index (χ0n) is 45.7. The molecule has 0 aliphatic carbocycles. The Kier molecular flexibility index (Phi) is 16.2. The van der Waals surface area contributed by atoms with Gasteiger partial charge in [0.05, 0.1) is 34.6 Å². The first-order valence-electron chi connectivity index (χ1n) is 28.3. The van der Waals surface area contributed by atoms with Crippen molar-refractivity contribution < 1.29 is 14.0 Å². The van der Waals surface area contributed by atoms with Crippen molar-refractivity contribution in [2.45, 2.75) is 34.6 Å². The second-order valence-electron chi connectivity index (χ2n) is 20.8. The molecule has 396 valence electrons. The molecule has 0 radical (unpaired) electrons. The van der Waals surface area contributed by atoms with Crippen molar-refractivity contribution >= 4 is 7.32 Å². The largest absolute Gasteiger partial charge is 0.640 e. The maximum Gasteiger partial charge on any atom is 0.640 e. The molecule has 0 heterocycles. The van der Waals surface area contributed by atoms with Crippen LogP contribution < -0.4 is 0 Å². The summed E-state index contributed by atoms with van der Waals surface area (Å²) in [5.41, 5.74) is 9.14. The molecule has 0 aromatic heterocycles. The Bertz CT molecular complexity index is 3110. The van der Waals surface area contributed by atoms with Gasteiger partial charge in [0.25, 0.3) is 0 Å². The van der Waals surface area contributed by atoms with Gasteiger partial charge in [-0.15, -0.1) is 0 Å². The van der Waals surface area contributed by atoms with E-state index in [9.17, 15) is 0 Å². The zero-order valence-corrected chi connectivity index (χ0v) is 45.7. The molecule has 12 aromatic carbocycles. The molecule has 0 saturated heterocycles. The summed E-state index contributed by atoms with van der Waals surface area (Å²) >= 11 is 0. The Balaban J connectivity index is 1.21. The molecule has 0 aliphatic heterocycles. The predicted molar refractivity (Wildman–Crippen MR) is 334 cm³/mol. The molecule has 12 aromatic rings. The third-order valence-electron chi connectivity index (χ3n) is 16.3. The molecule has 0 bridgehead atoms. The monoisotopic (exact) mass is 1060 g/mol. The van der Waals surface area contributed by atoms with Crippen LogP contribution in [0.15, 0.2) is 364 Å². The van der Waals surface area contributed by atoms with Crippen LogP contribution in [0.25, 0.3) is 0 Å². The van der Waals surface area contributed by atoms with Crippen LogP contribution in [-0.4, -0.2) is 7.32 Å². The van der Waals surface area contributed by atoms with Gasteiger partial charge in [0.2, 0.25) is 0 Å². The number of rotatable bonds is 21. The van der Waals surface area contributed by atoms with E-state index < -0.39 is 41.9 Å². The van der Waals surface area contributed by atoms with Gasteiger partial charge in [0, 0.05) is 0 Å². The maximum absolute atomic E-state index is 8.43. The van der Waals surface area contributed by atoms with Gasteiger partial charge in [0.1, 0.15) is 0 Å². The zero-order chi connectivity index (χ0) is 55.3. The van der Waals surface area contributed by atoms with Crippen LogP contribution in [0.3, 0.4) is 0 Å². The van der Waals surface area contributed by atoms with Crippen LogP contribution in [0, 0.1) is 0 Å². The van der Waals surface area contributed by atoms with Crippen LogP contribution in [0.1, 0.15) is 85.1 Å². The minimum absolute atomic E-state index is 0.808. The summed E-state index contributed by atoms with van der Waals surface area (Å²) in [5.74, 6) is 0. The highest BCUT2D eigenvalue weighted by Crippen LogP contribution is 2.56. The molecule has 0 fully saturated rings. The van der Waals surface area contributed by atoms with Crippen molar-refractivity contribution in [2.24, 2.45) is 0 Å². The molecule has 82 heavy (non-hydrogen) atoms. The van der Waals surface area contributed by atoms with Gasteiger partial charge >= 0.3 is 7.32 Å². The second kappa shape index (κ2) is 24.9. The summed E-state index contributed by atoms with van der Waals surface area (Å²) in [5, 5.41) is 0. The lowest BCUT2D eigenvalue weighted by atomic mass is 9.63. The molecule has 12 rings (SSSR count). The van der Waals surface area contributed by atoms with Crippen LogP contribution in [-0.2, 0) is 30.2 Å². The highest BCUT2D eigenvalue weighted by atomic mass is 16.7. The van der Waals surface area contributed by atoms with E-state index in [1.807, 2.05) is 0 Å². The topological polar surface area (TPSA) is 27.7 Å². The fraction of sp³-hybridized carbons (Fsp3) is 0.0769.